The molecule has 0 radical (unpaired) electrons. The number of sulfonamides is 1. The van der Waals surface area contributed by atoms with Gasteiger partial charge in [0.2, 0.25) is 27.7 Å². The smallest absolute Gasteiger partial charge is 0.311 e. The van der Waals surface area contributed by atoms with E-state index in [-0.39, 0.29) is 43.3 Å². The number of hydrogen-bond donors (Lipinski definition) is 3. The Morgan fingerprint density at radius 2 is 1.76 bits per heavy atom. The number of fused-ring (bicyclic) bond motifs is 3. The fraction of sp³-hybridized carbons (Fsp3) is 0.605. The molecule has 0 bridgehead atoms. The Hall–Kier alpha value is -4.80. The number of rotatable bonds is 7. The van der Waals surface area contributed by atoms with Crippen LogP contribution in [0, 0.1) is 17.8 Å². The number of carbonyl (C=O) groups excluding carboxylic acids is 5. The molecule has 3 N–H and O–H groups in total. The fourth-order valence-corrected chi connectivity index (χ4v) is 8.98. The minimum absolute atomic E-state index is 0.0600. The van der Waals surface area contributed by atoms with Crippen molar-refractivity contribution in [3.63, 3.8) is 0 Å². The predicted molar refractivity (Wildman–Crippen MR) is 202 cm³/mol. The van der Waals surface area contributed by atoms with E-state index in [0.717, 1.165) is 4.90 Å². The van der Waals surface area contributed by atoms with E-state index in [1.165, 1.54) is 23.7 Å². The summed E-state index contributed by atoms with van der Waals surface area (Å²) in [6.07, 6.45) is 5.67. The van der Waals surface area contributed by atoms with Gasteiger partial charge in [-0.25, -0.2) is 13.1 Å². The van der Waals surface area contributed by atoms with E-state index >= 15 is 0 Å². The number of carbonyl (C=O) groups is 5. The van der Waals surface area contributed by atoms with E-state index in [9.17, 15) is 37.2 Å². The molecule has 6 rings (SSSR count). The van der Waals surface area contributed by atoms with Crippen molar-refractivity contribution < 1.29 is 37.1 Å². The van der Waals surface area contributed by atoms with Crippen molar-refractivity contribution in [2.75, 3.05) is 20.6 Å². The lowest BCUT2D eigenvalue weighted by Gasteiger charge is -2.33. The largest absolute Gasteiger partial charge is 0.471 e. The number of aromatic nitrogens is 2. The summed E-state index contributed by atoms with van der Waals surface area (Å²) in [5, 5.41) is 10.8. The van der Waals surface area contributed by atoms with Gasteiger partial charge in [-0.3, -0.25) is 33.5 Å². The zero-order valence-corrected chi connectivity index (χ0v) is 33.0. The van der Waals surface area contributed by atoms with E-state index < -0.39 is 79.9 Å². The number of nitrogens with one attached hydrogen (secondary N) is 3. The average molecular weight is 782 g/mol. The molecule has 1 aromatic heterocycles. The van der Waals surface area contributed by atoms with Gasteiger partial charge in [-0.2, -0.15) is 0 Å². The highest BCUT2D eigenvalue weighted by Gasteiger charge is 2.63. The standard InChI is InChI=1S/C38H51N7O9S/c1-7-45-33(48)27-15-11-10-14-26(27)32(41-45)54-25-19-28-30(46)40-38(36(51)42-55(52,53)37(4)16-17-37)20-24(38)13-9-8-12-22(2)18-23(3)29(34(49)44(28)21-25)39-31(47)35(50)43(5)6/h9-11,13-15,22-25,28-29H,7-8,12,16-21H2,1-6H3,(H,39,47)(H,40,46)(H,42,51)/b13-9-/t22-,23+,24+,25+,28-,29-,38+/m0/s1. The lowest BCUT2D eigenvalue weighted by Crippen LogP contribution is -2.60. The number of allylic oxidation sites excluding steroid dienone is 1. The van der Waals surface area contributed by atoms with Crippen LogP contribution < -0.4 is 25.7 Å². The fourth-order valence-electron chi connectivity index (χ4n) is 7.67. The SMILES string of the molecule is CCn1nc(O[C@@H]2C[C@H]3C(=O)N[C@]4(C(=O)NS(=O)(=O)C5(C)CC5)C[C@H]4/C=C\CC[C@H](C)C[C@@H](C)[C@H](NC(=O)C(=O)N(C)C)C(=O)N3C2)c2ccccc2c1=O. The van der Waals surface area contributed by atoms with Gasteiger partial charge in [0.1, 0.15) is 23.7 Å². The molecule has 2 saturated carbocycles. The van der Waals surface area contributed by atoms with Crippen molar-refractivity contribution in [2.45, 2.75) is 108 Å². The van der Waals surface area contributed by atoms with Crippen molar-refractivity contribution in [1.82, 2.24) is 34.9 Å². The Balaban J connectivity index is 1.38. The highest BCUT2D eigenvalue weighted by molar-refractivity contribution is 7.91. The van der Waals surface area contributed by atoms with E-state index in [1.807, 2.05) is 26.0 Å². The molecular weight excluding hydrogens is 731 g/mol. The maximum absolute atomic E-state index is 14.7. The number of benzene rings is 1. The molecule has 55 heavy (non-hydrogen) atoms. The lowest BCUT2D eigenvalue weighted by atomic mass is 9.87. The van der Waals surface area contributed by atoms with Gasteiger partial charge in [-0.1, -0.05) is 38.1 Å². The molecule has 17 heteroatoms. The first-order valence-corrected chi connectivity index (χ1v) is 20.4. The molecular formula is C38H51N7O9S. The first-order chi connectivity index (χ1) is 25.9. The molecule has 298 valence electrons. The van der Waals surface area contributed by atoms with Crippen molar-refractivity contribution >= 4 is 50.3 Å². The Morgan fingerprint density at radius 1 is 1.07 bits per heavy atom. The number of nitrogens with zero attached hydrogens (tertiary/aromatic N) is 4. The van der Waals surface area contributed by atoms with Crippen molar-refractivity contribution in [3.05, 3.63) is 46.8 Å². The summed E-state index contributed by atoms with van der Waals surface area (Å²) in [4.78, 5) is 84.4. The quantitative estimate of drug-likeness (QED) is 0.271. The third kappa shape index (κ3) is 7.85. The van der Waals surface area contributed by atoms with Crippen molar-refractivity contribution in [2.24, 2.45) is 17.8 Å². The van der Waals surface area contributed by atoms with Crippen LogP contribution in [0.5, 0.6) is 5.88 Å². The Morgan fingerprint density at radius 3 is 2.42 bits per heavy atom. The summed E-state index contributed by atoms with van der Waals surface area (Å²) >= 11 is 0. The van der Waals surface area contributed by atoms with Crippen molar-refractivity contribution in [1.29, 1.82) is 0 Å². The van der Waals surface area contributed by atoms with Crippen LogP contribution in [-0.4, -0.2) is 107 Å². The number of aryl methyl sites for hydroxylation is 1. The average Bonchev–Trinajstić information content (AvgIpc) is 4.02. The Kier molecular flexibility index (Phi) is 10.9. The van der Waals surface area contributed by atoms with E-state index in [1.54, 1.807) is 38.1 Å². The molecule has 0 spiro atoms. The molecule has 5 amide bonds. The first-order valence-electron chi connectivity index (χ1n) is 19.0. The number of likely N-dealkylation sites (N-methyl/N-ethyl adjacent to an activating group) is 1. The molecule has 3 fully saturated rings. The normalized spacial score (nSPS) is 29.7. The summed E-state index contributed by atoms with van der Waals surface area (Å²) in [6, 6.07) is 4.38. The molecule has 2 aromatic rings. The first kappa shape index (κ1) is 39.9. The summed E-state index contributed by atoms with van der Waals surface area (Å²) < 4.78 is 35.2. The second-order valence-electron chi connectivity index (χ2n) is 16.1. The van der Waals surface area contributed by atoms with Crippen LogP contribution >= 0.6 is 0 Å². The van der Waals surface area contributed by atoms with Crippen molar-refractivity contribution in [3.8, 4) is 5.88 Å². The van der Waals surface area contributed by atoms with E-state index in [4.69, 9.17) is 4.74 Å². The molecule has 3 heterocycles. The van der Waals surface area contributed by atoms with Gasteiger partial charge in [0.05, 0.1) is 22.1 Å². The van der Waals surface area contributed by atoms with Gasteiger partial charge in [0.25, 0.3) is 11.5 Å². The zero-order valence-electron chi connectivity index (χ0n) is 32.2. The maximum Gasteiger partial charge on any atom is 0.311 e. The van der Waals surface area contributed by atoms with Crippen LogP contribution in [-0.2, 0) is 40.5 Å². The van der Waals surface area contributed by atoms with Crippen LogP contribution in [0.15, 0.2) is 41.2 Å². The predicted octanol–water partition coefficient (Wildman–Crippen LogP) is 1.22. The second kappa shape index (κ2) is 15.0. The van der Waals surface area contributed by atoms with Gasteiger partial charge in [-0.15, -0.1) is 5.10 Å². The monoisotopic (exact) mass is 781 g/mol. The van der Waals surface area contributed by atoms with Gasteiger partial charge in [0, 0.05) is 33.0 Å². The maximum atomic E-state index is 14.7. The second-order valence-corrected chi connectivity index (χ2v) is 18.3. The van der Waals surface area contributed by atoms with Crippen LogP contribution in [0.4, 0.5) is 0 Å². The molecule has 0 unspecified atom stereocenters. The molecule has 7 atom stereocenters. The Labute approximate surface area is 320 Å². The van der Waals surface area contributed by atoms with Crippen LogP contribution in [0.1, 0.15) is 72.6 Å². The molecule has 1 aromatic carbocycles. The minimum Gasteiger partial charge on any atom is -0.471 e. The summed E-state index contributed by atoms with van der Waals surface area (Å²) in [5.74, 6) is -4.74. The van der Waals surface area contributed by atoms with E-state index in [0.29, 0.717) is 42.9 Å². The summed E-state index contributed by atoms with van der Waals surface area (Å²) in [6.45, 7) is 7.29. The highest BCUT2D eigenvalue weighted by atomic mass is 32.2. The van der Waals surface area contributed by atoms with E-state index in [2.05, 4.69) is 20.5 Å². The number of amides is 5. The van der Waals surface area contributed by atoms with Gasteiger partial charge in [-0.05, 0) is 76.3 Å². The lowest BCUT2D eigenvalue weighted by molar-refractivity contribution is -0.148. The molecule has 1 saturated heterocycles. The third-order valence-electron chi connectivity index (χ3n) is 11.5. The molecule has 16 nitrogen and oxygen atoms in total. The number of hydrogen-bond acceptors (Lipinski definition) is 10. The Bertz CT molecular complexity index is 2100. The van der Waals surface area contributed by atoms with Gasteiger partial charge >= 0.3 is 11.8 Å². The third-order valence-corrected chi connectivity index (χ3v) is 13.7. The summed E-state index contributed by atoms with van der Waals surface area (Å²) in [7, 11) is -1.18. The summed E-state index contributed by atoms with van der Waals surface area (Å²) in [5.41, 5.74) is -1.89. The van der Waals surface area contributed by atoms with Crippen LogP contribution in [0.3, 0.4) is 0 Å². The van der Waals surface area contributed by atoms with Crippen LogP contribution in [0.2, 0.25) is 0 Å². The molecule has 2 aliphatic carbocycles. The minimum atomic E-state index is -4.03. The zero-order chi connectivity index (χ0) is 40.0. The molecule has 4 aliphatic rings. The van der Waals surface area contributed by atoms with Gasteiger partial charge < -0.3 is 25.2 Å². The van der Waals surface area contributed by atoms with Crippen LogP contribution in [0.25, 0.3) is 10.8 Å². The van der Waals surface area contributed by atoms with Gasteiger partial charge in [0.15, 0.2) is 0 Å². The molecule has 2 aliphatic heterocycles. The highest BCUT2D eigenvalue weighted by Crippen LogP contribution is 2.47. The number of ether oxygens (including phenoxy) is 1. The topological polar surface area (TPSA) is 206 Å².